The largest absolute Gasteiger partial charge is 0.289 e. The second-order valence-corrected chi connectivity index (χ2v) is 7.24. The third kappa shape index (κ3) is 5.37. The minimum absolute atomic E-state index is 0.205. The fraction of sp³-hybridized carbons (Fsp3) is 0.471. The molecule has 0 amide bonds. The lowest BCUT2D eigenvalue weighted by Gasteiger charge is -2.13. The summed E-state index contributed by atoms with van der Waals surface area (Å²) in [5, 5.41) is 0. The fourth-order valence-electron chi connectivity index (χ4n) is 1.90. The predicted octanol–water partition coefficient (Wildman–Crippen LogP) is 5.78. The lowest BCUT2D eigenvalue weighted by Crippen LogP contribution is -2.05. The zero-order chi connectivity index (χ0) is 14.8. The van der Waals surface area contributed by atoms with Gasteiger partial charge in [0.1, 0.15) is 0 Å². The molecule has 1 rings (SSSR count). The van der Waals surface area contributed by atoms with Crippen molar-refractivity contribution in [2.24, 2.45) is 0 Å². The number of carbonyl (C=O) groups is 1. The van der Waals surface area contributed by atoms with E-state index >= 15 is 0 Å². The van der Waals surface area contributed by atoms with Crippen molar-refractivity contribution in [2.75, 3.05) is 11.5 Å². The highest BCUT2D eigenvalue weighted by Crippen LogP contribution is 2.34. The SMILES string of the molecule is CCCCC(C(=O)c1ccccc1)=C(SCC)SCC. The van der Waals surface area contributed by atoms with Gasteiger partial charge < -0.3 is 0 Å². The van der Waals surface area contributed by atoms with Gasteiger partial charge in [-0.2, -0.15) is 0 Å². The first-order valence-electron chi connectivity index (χ1n) is 7.33. The van der Waals surface area contributed by atoms with Gasteiger partial charge in [0.05, 0.1) is 0 Å². The standard InChI is InChI=1S/C17H24OS2/c1-4-7-13-15(17(19-5-2)20-6-3)16(18)14-11-9-8-10-12-14/h8-12H,4-7,13H2,1-3H3. The monoisotopic (exact) mass is 308 g/mol. The van der Waals surface area contributed by atoms with Crippen LogP contribution >= 0.6 is 23.5 Å². The zero-order valence-electron chi connectivity index (χ0n) is 12.6. The topological polar surface area (TPSA) is 17.1 Å². The highest BCUT2D eigenvalue weighted by atomic mass is 32.2. The van der Waals surface area contributed by atoms with Crippen LogP contribution in [0.4, 0.5) is 0 Å². The lowest BCUT2D eigenvalue weighted by molar-refractivity contribution is 0.103. The van der Waals surface area contributed by atoms with E-state index in [1.165, 1.54) is 4.24 Å². The van der Waals surface area contributed by atoms with Crippen molar-refractivity contribution in [1.29, 1.82) is 0 Å². The first kappa shape index (κ1) is 17.4. The Balaban J connectivity index is 3.08. The van der Waals surface area contributed by atoms with Crippen LogP contribution < -0.4 is 0 Å². The highest BCUT2D eigenvalue weighted by Gasteiger charge is 2.17. The fourth-order valence-corrected chi connectivity index (χ4v) is 4.21. The summed E-state index contributed by atoms with van der Waals surface area (Å²) in [5.74, 6) is 2.23. The maximum Gasteiger partial charge on any atom is 0.190 e. The van der Waals surface area contributed by atoms with Gasteiger partial charge in [-0.25, -0.2) is 0 Å². The molecule has 0 fully saturated rings. The number of thioether (sulfide) groups is 2. The minimum atomic E-state index is 0.205. The molecule has 20 heavy (non-hydrogen) atoms. The van der Waals surface area contributed by atoms with Crippen molar-refractivity contribution >= 4 is 29.3 Å². The molecule has 1 nitrogen and oxygen atoms in total. The summed E-state index contributed by atoms with van der Waals surface area (Å²) in [6, 6.07) is 9.65. The van der Waals surface area contributed by atoms with Gasteiger partial charge in [0, 0.05) is 15.4 Å². The average Bonchev–Trinajstić information content (AvgIpc) is 2.48. The Labute approximate surface area is 131 Å². The summed E-state index contributed by atoms with van der Waals surface area (Å²) in [6.07, 6.45) is 3.08. The molecule has 0 aliphatic heterocycles. The van der Waals surface area contributed by atoms with E-state index in [1.807, 2.05) is 30.3 Å². The van der Waals surface area contributed by atoms with Gasteiger partial charge in [-0.15, -0.1) is 23.5 Å². The van der Waals surface area contributed by atoms with Crippen LogP contribution in [-0.2, 0) is 0 Å². The molecule has 110 valence electrons. The maximum atomic E-state index is 12.8. The molecule has 0 heterocycles. The van der Waals surface area contributed by atoms with Crippen LogP contribution in [0.3, 0.4) is 0 Å². The van der Waals surface area contributed by atoms with Crippen molar-refractivity contribution in [3.63, 3.8) is 0 Å². The molecule has 3 heteroatoms. The molecule has 0 atom stereocenters. The number of hydrogen-bond donors (Lipinski definition) is 0. The van der Waals surface area contributed by atoms with Crippen molar-refractivity contribution in [2.45, 2.75) is 40.0 Å². The van der Waals surface area contributed by atoms with Gasteiger partial charge in [0.2, 0.25) is 0 Å². The molecule has 0 bridgehead atoms. The average molecular weight is 309 g/mol. The van der Waals surface area contributed by atoms with Crippen LogP contribution in [-0.4, -0.2) is 17.3 Å². The number of benzene rings is 1. The highest BCUT2D eigenvalue weighted by molar-refractivity contribution is 8.22. The number of unbranched alkanes of at least 4 members (excludes halogenated alkanes) is 1. The van der Waals surface area contributed by atoms with Crippen LogP contribution in [0.25, 0.3) is 0 Å². The van der Waals surface area contributed by atoms with E-state index in [9.17, 15) is 4.79 Å². The van der Waals surface area contributed by atoms with E-state index in [0.717, 1.165) is 41.9 Å². The number of ketones is 1. The molecule has 0 spiro atoms. The van der Waals surface area contributed by atoms with E-state index < -0.39 is 0 Å². The molecule has 0 unspecified atom stereocenters. The van der Waals surface area contributed by atoms with Crippen molar-refractivity contribution in [3.8, 4) is 0 Å². The van der Waals surface area contributed by atoms with Crippen LogP contribution in [0.15, 0.2) is 40.1 Å². The molecule has 1 aromatic rings. The van der Waals surface area contributed by atoms with Gasteiger partial charge >= 0.3 is 0 Å². The van der Waals surface area contributed by atoms with Crippen LogP contribution in [0.2, 0.25) is 0 Å². The number of carbonyl (C=O) groups excluding carboxylic acids is 1. The molecule has 0 saturated heterocycles. The molecule has 0 N–H and O–H groups in total. The van der Waals surface area contributed by atoms with Crippen LogP contribution in [0.5, 0.6) is 0 Å². The molecule has 1 aromatic carbocycles. The van der Waals surface area contributed by atoms with E-state index in [1.54, 1.807) is 23.5 Å². The number of Topliss-reactive ketones (excluding diaryl/α,β-unsaturated/α-hetero) is 1. The van der Waals surface area contributed by atoms with E-state index in [0.29, 0.717) is 0 Å². The normalized spacial score (nSPS) is 10.3. The van der Waals surface area contributed by atoms with Crippen molar-refractivity contribution < 1.29 is 4.79 Å². The summed E-state index contributed by atoms with van der Waals surface area (Å²) in [5.41, 5.74) is 1.82. The van der Waals surface area contributed by atoms with E-state index in [2.05, 4.69) is 20.8 Å². The van der Waals surface area contributed by atoms with Gasteiger partial charge in [0.25, 0.3) is 0 Å². The second-order valence-electron chi connectivity index (χ2n) is 4.43. The molecule has 0 aliphatic rings. The molecular weight excluding hydrogens is 284 g/mol. The molecule has 0 radical (unpaired) electrons. The Morgan fingerprint density at radius 3 is 2.10 bits per heavy atom. The van der Waals surface area contributed by atoms with Crippen molar-refractivity contribution in [1.82, 2.24) is 0 Å². The Kier molecular flexibility index (Phi) is 8.79. The van der Waals surface area contributed by atoms with E-state index in [4.69, 9.17) is 0 Å². The quantitative estimate of drug-likeness (QED) is 0.425. The Morgan fingerprint density at radius 2 is 1.60 bits per heavy atom. The number of rotatable bonds is 9. The van der Waals surface area contributed by atoms with Crippen molar-refractivity contribution in [3.05, 3.63) is 45.7 Å². The summed E-state index contributed by atoms with van der Waals surface area (Å²) in [4.78, 5) is 12.8. The third-order valence-electron chi connectivity index (χ3n) is 2.89. The molecule has 0 aliphatic carbocycles. The lowest BCUT2D eigenvalue weighted by atomic mass is 10.0. The predicted molar refractivity (Wildman–Crippen MR) is 93.6 cm³/mol. The second kappa shape index (κ2) is 10.1. The summed E-state index contributed by atoms with van der Waals surface area (Å²) >= 11 is 3.61. The molecule has 0 aromatic heterocycles. The Hall–Kier alpha value is -0.670. The number of hydrogen-bond acceptors (Lipinski definition) is 3. The summed E-state index contributed by atoms with van der Waals surface area (Å²) in [6.45, 7) is 6.46. The molecular formula is C17H24OS2. The van der Waals surface area contributed by atoms with Gasteiger partial charge in [-0.3, -0.25) is 4.79 Å². The van der Waals surface area contributed by atoms with Gasteiger partial charge in [-0.1, -0.05) is 57.5 Å². The van der Waals surface area contributed by atoms with E-state index in [-0.39, 0.29) is 5.78 Å². The van der Waals surface area contributed by atoms with Crippen LogP contribution in [0, 0.1) is 0 Å². The van der Waals surface area contributed by atoms with Gasteiger partial charge in [-0.05, 0) is 24.3 Å². The first-order valence-corrected chi connectivity index (χ1v) is 9.30. The Morgan fingerprint density at radius 1 is 1.00 bits per heavy atom. The smallest absolute Gasteiger partial charge is 0.190 e. The Bertz CT molecular complexity index is 430. The number of allylic oxidation sites excluding steroid dienone is 1. The first-order chi connectivity index (χ1) is 9.74. The van der Waals surface area contributed by atoms with Gasteiger partial charge in [0.15, 0.2) is 5.78 Å². The third-order valence-corrected chi connectivity index (χ3v) is 5.19. The minimum Gasteiger partial charge on any atom is -0.289 e. The summed E-state index contributed by atoms with van der Waals surface area (Å²) < 4.78 is 1.22. The zero-order valence-corrected chi connectivity index (χ0v) is 14.3. The van der Waals surface area contributed by atoms with Crippen LogP contribution in [0.1, 0.15) is 50.4 Å². The summed E-state index contributed by atoms with van der Waals surface area (Å²) in [7, 11) is 0. The maximum absolute atomic E-state index is 12.8. The molecule has 0 saturated carbocycles.